The molecule has 1 aromatic carbocycles. The number of benzene rings is 1. The van der Waals surface area contributed by atoms with Crippen LogP contribution in [0.4, 0.5) is 5.69 Å². The molecule has 0 aromatic heterocycles. The fraction of sp³-hybridized carbons (Fsp3) is 0.467. The van der Waals surface area contributed by atoms with Crippen LogP contribution < -0.4 is 10.6 Å². The van der Waals surface area contributed by atoms with Crippen molar-refractivity contribution in [3.63, 3.8) is 0 Å². The average molecular weight is 260 g/mol. The minimum Gasteiger partial charge on any atom is -0.345 e. The van der Waals surface area contributed by atoms with Gasteiger partial charge in [-0.3, -0.25) is 9.59 Å². The molecule has 2 amide bonds. The Labute approximate surface area is 113 Å². The lowest BCUT2D eigenvalue weighted by molar-refractivity contribution is -0.137. The lowest BCUT2D eigenvalue weighted by Gasteiger charge is -2.29. The molecule has 1 saturated carbocycles. The molecule has 1 aliphatic rings. The van der Waals surface area contributed by atoms with E-state index in [9.17, 15) is 9.59 Å². The van der Waals surface area contributed by atoms with E-state index in [2.05, 4.69) is 17.6 Å². The van der Waals surface area contributed by atoms with Crippen LogP contribution in [0.1, 0.15) is 32.6 Å². The number of rotatable bonds is 2. The summed E-state index contributed by atoms with van der Waals surface area (Å²) >= 11 is 0. The lowest BCUT2D eigenvalue weighted by atomic mass is 9.86. The third kappa shape index (κ3) is 3.81. The zero-order valence-electron chi connectivity index (χ0n) is 11.2. The van der Waals surface area contributed by atoms with Gasteiger partial charge >= 0.3 is 11.8 Å². The van der Waals surface area contributed by atoms with E-state index in [-0.39, 0.29) is 6.04 Å². The summed E-state index contributed by atoms with van der Waals surface area (Å²) in [6.07, 6.45) is 4.41. The zero-order valence-corrected chi connectivity index (χ0v) is 11.2. The minimum absolute atomic E-state index is 0.128. The van der Waals surface area contributed by atoms with Crippen LogP contribution in [0.2, 0.25) is 0 Å². The molecule has 0 radical (unpaired) electrons. The van der Waals surface area contributed by atoms with Gasteiger partial charge < -0.3 is 10.6 Å². The second-order valence-corrected chi connectivity index (χ2v) is 5.16. The van der Waals surface area contributed by atoms with Gasteiger partial charge in [0.1, 0.15) is 0 Å². The standard InChI is InChI=1S/C15H20N2O2/c1-11-7-5-6-10-13(11)17-15(19)14(18)16-12-8-3-2-4-9-12/h2-4,8-9,11,13H,5-7,10H2,1H3,(H,16,18)(H,17,19)/t11-,13+/m0/s1. The lowest BCUT2D eigenvalue weighted by Crippen LogP contribution is -2.45. The molecule has 1 fully saturated rings. The molecular formula is C15H20N2O2. The van der Waals surface area contributed by atoms with Crippen molar-refractivity contribution in [1.82, 2.24) is 5.32 Å². The summed E-state index contributed by atoms with van der Waals surface area (Å²) in [7, 11) is 0. The van der Waals surface area contributed by atoms with Crippen LogP contribution in [0, 0.1) is 5.92 Å². The molecule has 0 heterocycles. The Bertz CT molecular complexity index is 445. The van der Waals surface area contributed by atoms with Crippen LogP contribution in [0.15, 0.2) is 30.3 Å². The Hall–Kier alpha value is -1.84. The topological polar surface area (TPSA) is 58.2 Å². The number of hydrogen-bond acceptors (Lipinski definition) is 2. The van der Waals surface area contributed by atoms with Crippen LogP contribution in [0.25, 0.3) is 0 Å². The fourth-order valence-corrected chi connectivity index (χ4v) is 2.47. The van der Waals surface area contributed by atoms with E-state index >= 15 is 0 Å². The number of hydrogen-bond donors (Lipinski definition) is 2. The highest BCUT2D eigenvalue weighted by molar-refractivity contribution is 6.39. The molecule has 2 atom stereocenters. The van der Waals surface area contributed by atoms with E-state index < -0.39 is 11.8 Å². The molecule has 102 valence electrons. The van der Waals surface area contributed by atoms with Gasteiger partial charge in [0.25, 0.3) is 0 Å². The van der Waals surface area contributed by atoms with Gasteiger partial charge in [-0.15, -0.1) is 0 Å². The van der Waals surface area contributed by atoms with Gasteiger partial charge in [-0.1, -0.05) is 38.0 Å². The molecule has 19 heavy (non-hydrogen) atoms. The predicted octanol–water partition coefficient (Wildman–Crippen LogP) is 2.32. The number of carbonyl (C=O) groups is 2. The molecule has 2 N–H and O–H groups in total. The van der Waals surface area contributed by atoms with Crippen molar-refractivity contribution in [1.29, 1.82) is 0 Å². The molecule has 1 aliphatic carbocycles. The summed E-state index contributed by atoms with van der Waals surface area (Å²) in [5.41, 5.74) is 0.638. The van der Waals surface area contributed by atoms with E-state index in [0.717, 1.165) is 19.3 Å². The summed E-state index contributed by atoms with van der Waals surface area (Å²) in [5.74, 6) is -0.686. The van der Waals surface area contributed by atoms with E-state index in [4.69, 9.17) is 0 Å². The highest BCUT2D eigenvalue weighted by atomic mass is 16.2. The van der Waals surface area contributed by atoms with Crippen molar-refractivity contribution in [2.75, 3.05) is 5.32 Å². The van der Waals surface area contributed by atoms with Gasteiger partial charge in [-0.05, 0) is 30.9 Å². The highest BCUT2D eigenvalue weighted by Crippen LogP contribution is 2.23. The first-order valence-corrected chi connectivity index (χ1v) is 6.83. The Morgan fingerprint density at radius 2 is 1.74 bits per heavy atom. The molecule has 4 nitrogen and oxygen atoms in total. The largest absolute Gasteiger partial charge is 0.345 e. The van der Waals surface area contributed by atoms with Crippen LogP contribution in [0.3, 0.4) is 0 Å². The Morgan fingerprint density at radius 3 is 2.42 bits per heavy atom. The molecule has 4 heteroatoms. The average Bonchev–Trinajstić information content (AvgIpc) is 2.42. The van der Waals surface area contributed by atoms with Gasteiger partial charge in [0.2, 0.25) is 0 Å². The first-order valence-electron chi connectivity index (χ1n) is 6.83. The SMILES string of the molecule is C[C@H]1CCCC[C@H]1NC(=O)C(=O)Nc1ccccc1. The Balaban J connectivity index is 1.87. The van der Waals surface area contributed by atoms with Crippen molar-refractivity contribution in [2.45, 2.75) is 38.6 Å². The van der Waals surface area contributed by atoms with Crippen molar-refractivity contribution < 1.29 is 9.59 Å². The van der Waals surface area contributed by atoms with Gasteiger partial charge in [-0.2, -0.15) is 0 Å². The van der Waals surface area contributed by atoms with Crippen LogP contribution >= 0.6 is 0 Å². The third-order valence-electron chi connectivity index (χ3n) is 3.67. The summed E-state index contributed by atoms with van der Waals surface area (Å²) in [6.45, 7) is 2.12. The third-order valence-corrected chi connectivity index (χ3v) is 3.67. The smallest absolute Gasteiger partial charge is 0.313 e. The second kappa shape index (κ2) is 6.36. The predicted molar refractivity (Wildman–Crippen MR) is 74.6 cm³/mol. The van der Waals surface area contributed by atoms with Gasteiger partial charge in [0.05, 0.1) is 0 Å². The number of anilines is 1. The van der Waals surface area contributed by atoms with Crippen molar-refractivity contribution in [2.24, 2.45) is 5.92 Å². The molecule has 1 aromatic rings. The fourth-order valence-electron chi connectivity index (χ4n) is 2.47. The molecule has 0 aliphatic heterocycles. The maximum absolute atomic E-state index is 11.8. The number of nitrogens with one attached hydrogen (secondary N) is 2. The van der Waals surface area contributed by atoms with Gasteiger partial charge in [-0.25, -0.2) is 0 Å². The monoisotopic (exact) mass is 260 g/mol. The maximum Gasteiger partial charge on any atom is 0.313 e. The summed E-state index contributed by atoms with van der Waals surface area (Å²) in [6, 6.07) is 9.14. The van der Waals surface area contributed by atoms with Gasteiger partial charge in [0, 0.05) is 11.7 Å². The zero-order chi connectivity index (χ0) is 13.7. The van der Waals surface area contributed by atoms with Gasteiger partial charge in [0.15, 0.2) is 0 Å². The normalized spacial score (nSPS) is 22.6. The van der Waals surface area contributed by atoms with Crippen LogP contribution in [0.5, 0.6) is 0 Å². The minimum atomic E-state index is -0.594. The summed E-state index contributed by atoms with van der Waals surface area (Å²) in [4.78, 5) is 23.6. The van der Waals surface area contributed by atoms with E-state index in [1.165, 1.54) is 6.42 Å². The van der Waals surface area contributed by atoms with Crippen LogP contribution in [-0.2, 0) is 9.59 Å². The summed E-state index contributed by atoms with van der Waals surface area (Å²) in [5, 5.41) is 5.43. The van der Waals surface area contributed by atoms with E-state index in [0.29, 0.717) is 11.6 Å². The number of carbonyl (C=O) groups excluding carboxylic acids is 2. The molecular weight excluding hydrogens is 240 g/mol. The Kier molecular flexibility index (Phi) is 4.55. The molecule has 0 unspecified atom stereocenters. The Morgan fingerprint density at radius 1 is 1.05 bits per heavy atom. The van der Waals surface area contributed by atoms with Crippen molar-refractivity contribution >= 4 is 17.5 Å². The molecule has 2 rings (SSSR count). The maximum atomic E-state index is 11.8. The van der Waals surface area contributed by atoms with Crippen molar-refractivity contribution in [3.05, 3.63) is 30.3 Å². The second-order valence-electron chi connectivity index (χ2n) is 5.16. The molecule has 0 spiro atoms. The summed E-state index contributed by atoms with van der Waals surface area (Å²) < 4.78 is 0. The van der Waals surface area contributed by atoms with E-state index in [1.807, 2.05) is 18.2 Å². The number of amides is 2. The molecule has 0 saturated heterocycles. The van der Waals surface area contributed by atoms with Crippen LogP contribution in [-0.4, -0.2) is 17.9 Å². The first kappa shape index (κ1) is 13.6. The number of para-hydroxylation sites is 1. The van der Waals surface area contributed by atoms with E-state index in [1.54, 1.807) is 12.1 Å². The quantitative estimate of drug-likeness (QED) is 0.802. The highest BCUT2D eigenvalue weighted by Gasteiger charge is 2.25. The van der Waals surface area contributed by atoms with Crippen molar-refractivity contribution in [3.8, 4) is 0 Å². The molecule has 0 bridgehead atoms. The first-order chi connectivity index (χ1) is 9.16.